The number of anilines is 1. The van der Waals surface area contributed by atoms with Crippen LogP contribution >= 0.6 is 0 Å². The molecule has 2 fully saturated rings. The van der Waals surface area contributed by atoms with Crippen molar-refractivity contribution in [2.75, 3.05) is 25.1 Å². The van der Waals surface area contributed by atoms with E-state index in [4.69, 9.17) is 4.74 Å². The van der Waals surface area contributed by atoms with Crippen LogP contribution in [0.3, 0.4) is 0 Å². The highest BCUT2D eigenvalue weighted by molar-refractivity contribution is 6.09. The molecule has 1 aliphatic heterocycles. The van der Waals surface area contributed by atoms with Crippen molar-refractivity contribution in [3.8, 4) is 0 Å². The zero-order valence-electron chi connectivity index (χ0n) is 14.6. The predicted octanol–water partition coefficient (Wildman–Crippen LogP) is 1.06. The number of nitrogens with one attached hydrogen (secondary N) is 1. The molecule has 1 N–H and O–H groups in total. The monoisotopic (exact) mass is 359 g/mol. The van der Waals surface area contributed by atoms with Crippen LogP contribution in [0.15, 0.2) is 30.3 Å². The molecule has 138 valence electrons. The average molecular weight is 359 g/mol. The first-order valence-electron chi connectivity index (χ1n) is 8.54. The minimum atomic E-state index is -0.860. The largest absolute Gasteiger partial charge is 0.454 e. The number of amides is 4. The third-order valence-corrected chi connectivity index (χ3v) is 4.86. The molecule has 0 atom stereocenters. The zero-order valence-corrected chi connectivity index (χ0v) is 14.6. The Hall–Kier alpha value is -2.90. The molecule has 8 nitrogen and oxygen atoms in total. The summed E-state index contributed by atoms with van der Waals surface area (Å²) < 4.78 is 4.95. The molecule has 1 heterocycles. The summed E-state index contributed by atoms with van der Waals surface area (Å²) in [6.45, 7) is -0.951. The minimum absolute atomic E-state index is 0.385. The maximum Gasteiger partial charge on any atom is 0.326 e. The SMILES string of the molecule is CN(C(=O)COC(=O)CN1C(=O)NC2(CCCC2)C1=O)c1ccccc1. The summed E-state index contributed by atoms with van der Waals surface area (Å²) in [5.41, 5.74) is -0.188. The molecule has 2 aliphatic rings. The van der Waals surface area contributed by atoms with E-state index in [0.717, 1.165) is 17.7 Å². The van der Waals surface area contributed by atoms with Crippen molar-refractivity contribution in [2.45, 2.75) is 31.2 Å². The standard InChI is InChI=1S/C18H21N3O5/c1-20(13-7-3-2-4-8-13)14(22)12-26-15(23)11-21-16(24)18(19-17(21)25)9-5-6-10-18/h2-4,7-8H,5-6,9-12H2,1H3,(H,19,25). The minimum Gasteiger partial charge on any atom is -0.454 e. The van der Waals surface area contributed by atoms with E-state index in [1.807, 2.05) is 6.07 Å². The molecule has 1 aromatic carbocycles. The first kappa shape index (κ1) is 17.9. The Labute approximate surface area is 151 Å². The molecule has 0 unspecified atom stereocenters. The first-order chi connectivity index (χ1) is 12.4. The van der Waals surface area contributed by atoms with Gasteiger partial charge in [0.2, 0.25) is 0 Å². The number of rotatable bonds is 5. The van der Waals surface area contributed by atoms with Gasteiger partial charge in [0.1, 0.15) is 12.1 Å². The van der Waals surface area contributed by atoms with Crippen LogP contribution < -0.4 is 10.2 Å². The lowest BCUT2D eigenvalue weighted by atomic mass is 9.98. The van der Waals surface area contributed by atoms with Crippen molar-refractivity contribution >= 4 is 29.5 Å². The smallest absolute Gasteiger partial charge is 0.326 e. The van der Waals surface area contributed by atoms with E-state index in [2.05, 4.69) is 5.32 Å². The van der Waals surface area contributed by atoms with E-state index in [1.54, 1.807) is 31.3 Å². The van der Waals surface area contributed by atoms with Crippen LogP contribution in [0, 0.1) is 0 Å². The van der Waals surface area contributed by atoms with Crippen LogP contribution in [0.4, 0.5) is 10.5 Å². The molecular formula is C18H21N3O5. The third-order valence-electron chi connectivity index (χ3n) is 4.86. The highest BCUT2D eigenvalue weighted by atomic mass is 16.5. The summed E-state index contributed by atoms with van der Waals surface area (Å²) in [4.78, 5) is 50.8. The van der Waals surface area contributed by atoms with Gasteiger partial charge in [0.25, 0.3) is 11.8 Å². The topological polar surface area (TPSA) is 96.0 Å². The second-order valence-electron chi connectivity index (χ2n) is 6.56. The van der Waals surface area contributed by atoms with Gasteiger partial charge in [0.05, 0.1) is 0 Å². The lowest BCUT2D eigenvalue weighted by Gasteiger charge is -2.20. The Morgan fingerprint density at radius 3 is 2.50 bits per heavy atom. The molecular weight excluding hydrogens is 338 g/mol. The van der Waals surface area contributed by atoms with Gasteiger partial charge >= 0.3 is 12.0 Å². The maximum absolute atomic E-state index is 12.5. The van der Waals surface area contributed by atoms with Gasteiger partial charge in [-0.3, -0.25) is 19.3 Å². The summed E-state index contributed by atoms with van der Waals surface area (Å²) in [6, 6.07) is 8.35. The number of carbonyl (C=O) groups excluding carboxylic acids is 4. The highest BCUT2D eigenvalue weighted by Gasteiger charge is 2.52. The number of hydrogen-bond acceptors (Lipinski definition) is 5. The Morgan fingerprint density at radius 2 is 1.85 bits per heavy atom. The van der Waals surface area contributed by atoms with Crippen LogP contribution in [0.5, 0.6) is 0 Å². The van der Waals surface area contributed by atoms with Gasteiger partial charge in [-0.15, -0.1) is 0 Å². The second-order valence-corrected chi connectivity index (χ2v) is 6.56. The Morgan fingerprint density at radius 1 is 1.19 bits per heavy atom. The lowest BCUT2D eigenvalue weighted by Crippen LogP contribution is -2.44. The van der Waals surface area contributed by atoms with Gasteiger partial charge in [-0.1, -0.05) is 31.0 Å². The van der Waals surface area contributed by atoms with Crippen molar-refractivity contribution in [2.24, 2.45) is 0 Å². The Kier molecular flexibility index (Phi) is 4.92. The molecule has 1 saturated heterocycles. The average Bonchev–Trinajstić information content (AvgIpc) is 3.20. The number of esters is 1. The molecule has 1 aromatic rings. The van der Waals surface area contributed by atoms with Crippen molar-refractivity contribution in [3.05, 3.63) is 30.3 Å². The molecule has 1 saturated carbocycles. The third kappa shape index (κ3) is 3.40. The summed E-state index contributed by atoms with van der Waals surface area (Å²) in [6.07, 6.45) is 2.90. The van der Waals surface area contributed by atoms with Crippen molar-refractivity contribution in [1.82, 2.24) is 10.2 Å². The number of urea groups is 1. The summed E-state index contributed by atoms with van der Waals surface area (Å²) in [5, 5.41) is 2.69. The van der Waals surface area contributed by atoms with Crippen LogP contribution in [0.2, 0.25) is 0 Å². The number of hydrogen-bond donors (Lipinski definition) is 1. The number of ether oxygens (including phenoxy) is 1. The van der Waals surface area contributed by atoms with Crippen LogP contribution in [0.25, 0.3) is 0 Å². The summed E-state index contributed by atoms with van der Waals surface area (Å²) in [7, 11) is 1.58. The second kappa shape index (κ2) is 7.15. The van der Waals surface area contributed by atoms with Crippen molar-refractivity contribution in [3.63, 3.8) is 0 Å². The molecule has 1 spiro atoms. The molecule has 3 rings (SSSR count). The van der Waals surface area contributed by atoms with Crippen LogP contribution in [-0.4, -0.2) is 54.5 Å². The number of likely N-dealkylation sites (N-methyl/N-ethyl adjacent to an activating group) is 1. The fraction of sp³-hybridized carbons (Fsp3) is 0.444. The van der Waals surface area contributed by atoms with E-state index in [-0.39, 0.29) is 5.91 Å². The first-order valence-corrected chi connectivity index (χ1v) is 8.54. The summed E-state index contributed by atoms with van der Waals surface area (Å²) >= 11 is 0. The molecule has 8 heteroatoms. The van der Waals surface area contributed by atoms with E-state index < -0.39 is 36.6 Å². The highest BCUT2D eigenvalue weighted by Crippen LogP contribution is 2.34. The number of carbonyl (C=O) groups is 4. The number of imide groups is 1. The lowest BCUT2D eigenvalue weighted by molar-refractivity contribution is -0.150. The number of benzene rings is 1. The molecule has 0 bridgehead atoms. The molecule has 26 heavy (non-hydrogen) atoms. The van der Waals surface area contributed by atoms with Crippen LogP contribution in [0.1, 0.15) is 25.7 Å². The predicted molar refractivity (Wildman–Crippen MR) is 92.3 cm³/mol. The van der Waals surface area contributed by atoms with E-state index in [1.165, 1.54) is 4.90 Å². The Bertz CT molecular complexity index is 728. The number of nitrogens with zero attached hydrogens (tertiary/aromatic N) is 2. The van der Waals surface area contributed by atoms with Gasteiger partial charge < -0.3 is 15.0 Å². The van der Waals surface area contributed by atoms with Gasteiger partial charge in [-0.25, -0.2) is 4.79 Å². The van der Waals surface area contributed by atoms with Gasteiger partial charge in [0.15, 0.2) is 6.61 Å². The van der Waals surface area contributed by atoms with Gasteiger partial charge in [-0.05, 0) is 25.0 Å². The zero-order chi connectivity index (χ0) is 18.7. The fourth-order valence-corrected chi connectivity index (χ4v) is 3.35. The van der Waals surface area contributed by atoms with Crippen molar-refractivity contribution < 1.29 is 23.9 Å². The molecule has 1 aliphatic carbocycles. The van der Waals surface area contributed by atoms with Crippen molar-refractivity contribution in [1.29, 1.82) is 0 Å². The quantitative estimate of drug-likeness (QED) is 0.626. The van der Waals surface area contributed by atoms with Gasteiger partial charge in [-0.2, -0.15) is 0 Å². The Balaban J connectivity index is 1.52. The van der Waals surface area contributed by atoms with E-state index in [0.29, 0.717) is 18.5 Å². The van der Waals surface area contributed by atoms with Crippen LogP contribution in [-0.2, 0) is 19.1 Å². The van der Waals surface area contributed by atoms with E-state index in [9.17, 15) is 19.2 Å². The normalized spacial score (nSPS) is 18.1. The molecule has 4 amide bonds. The maximum atomic E-state index is 12.5. The van der Waals surface area contributed by atoms with E-state index >= 15 is 0 Å². The number of para-hydroxylation sites is 1. The van der Waals surface area contributed by atoms with Gasteiger partial charge in [0, 0.05) is 12.7 Å². The fourth-order valence-electron chi connectivity index (χ4n) is 3.35. The molecule has 0 radical (unpaired) electrons. The summed E-state index contributed by atoms with van der Waals surface area (Å²) in [5.74, 6) is -1.59. The molecule has 0 aromatic heterocycles.